The summed E-state index contributed by atoms with van der Waals surface area (Å²) in [6, 6.07) is 3.75. The second kappa shape index (κ2) is 4.82. The number of aliphatic imine (C=N–C) groups is 1. The zero-order chi connectivity index (χ0) is 10.5. The molecular weight excluding hydrogens is 190 g/mol. The van der Waals surface area contributed by atoms with Crippen LogP contribution < -0.4 is 5.32 Å². The van der Waals surface area contributed by atoms with Gasteiger partial charge in [0.05, 0.1) is 11.9 Å². The van der Waals surface area contributed by atoms with Gasteiger partial charge in [-0.3, -0.25) is 4.98 Å². The van der Waals surface area contributed by atoms with Gasteiger partial charge >= 0.3 is 0 Å². The average molecular weight is 203 g/mol. The molecule has 0 bridgehead atoms. The summed E-state index contributed by atoms with van der Waals surface area (Å²) in [7, 11) is 0. The number of hydrogen-bond acceptors (Lipinski definition) is 4. The number of pyridine rings is 1. The Morgan fingerprint density at radius 3 is 3.07 bits per heavy atom. The van der Waals surface area contributed by atoms with Gasteiger partial charge in [-0.15, -0.1) is 0 Å². The Kier molecular flexibility index (Phi) is 3.22. The molecule has 1 aliphatic rings. The Labute approximate surface area is 88.4 Å². The Balaban J connectivity index is 2.11. The Morgan fingerprint density at radius 2 is 2.47 bits per heavy atom. The Hall–Kier alpha value is -1.51. The highest BCUT2D eigenvalue weighted by molar-refractivity contribution is 5.47. The molecule has 78 valence electrons. The zero-order valence-electron chi connectivity index (χ0n) is 8.44. The highest BCUT2D eigenvalue weighted by Crippen LogP contribution is 2.22. The number of piperidine rings is 1. The molecule has 1 saturated heterocycles. The van der Waals surface area contributed by atoms with E-state index in [4.69, 9.17) is 0 Å². The zero-order valence-corrected chi connectivity index (χ0v) is 8.44. The third-order valence-electron chi connectivity index (χ3n) is 2.66. The van der Waals surface area contributed by atoms with Crippen molar-refractivity contribution in [2.75, 3.05) is 13.1 Å². The van der Waals surface area contributed by atoms with Gasteiger partial charge in [0.2, 0.25) is 6.08 Å². The number of aromatic nitrogens is 1. The molecule has 15 heavy (non-hydrogen) atoms. The molecule has 0 saturated carbocycles. The first-order valence-corrected chi connectivity index (χ1v) is 5.14. The molecule has 2 rings (SSSR count). The van der Waals surface area contributed by atoms with Crippen molar-refractivity contribution in [2.45, 2.75) is 18.8 Å². The van der Waals surface area contributed by atoms with E-state index in [0.29, 0.717) is 11.6 Å². The van der Waals surface area contributed by atoms with Crippen molar-refractivity contribution >= 4 is 11.8 Å². The van der Waals surface area contributed by atoms with Crippen molar-refractivity contribution in [3.63, 3.8) is 0 Å². The van der Waals surface area contributed by atoms with Gasteiger partial charge < -0.3 is 5.32 Å². The molecule has 4 heteroatoms. The first-order valence-electron chi connectivity index (χ1n) is 5.14. The van der Waals surface area contributed by atoms with Crippen LogP contribution >= 0.6 is 0 Å². The molecule has 0 amide bonds. The smallest absolute Gasteiger partial charge is 0.240 e. The first-order chi connectivity index (χ1) is 7.40. The lowest BCUT2D eigenvalue weighted by Crippen LogP contribution is -2.28. The average Bonchev–Trinajstić information content (AvgIpc) is 2.32. The van der Waals surface area contributed by atoms with E-state index in [9.17, 15) is 4.79 Å². The quantitative estimate of drug-likeness (QED) is 0.585. The van der Waals surface area contributed by atoms with Crippen molar-refractivity contribution < 1.29 is 4.79 Å². The predicted octanol–water partition coefficient (Wildman–Crippen LogP) is 1.52. The maximum atomic E-state index is 10.0. The number of rotatable bonds is 2. The van der Waals surface area contributed by atoms with E-state index in [1.165, 1.54) is 18.9 Å². The van der Waals surface area contributed by atoms with Crippen LogP contribution in [0.4, 0.5) is 5.69 Å². The SMILES string of the molecule is O=C=Nc1ccc(C2CCCNC2)nc1. The number of nitrogens with one attached hydrogen (secondary N) is 1. The van der Waals surface area contributed by atoms with E-state index >= 15 is 0 Å². The molecule has 1 atom stereocenters. The summed E-state index contributed by atoms with van der Waals surface area (Å²) in [6.45, 7) is 2.09. The minimum absolute atomic E-state index is 0.494. The molecule has 0 radical (unpaired) electrons. The second-order valence-corrected chi connectivity index (χ2v) is 3.69. The molecule has 1 aliphatic heterocycles. The fourth-order valence-corrected chi connectivity index (χ4v) is 1.86. The highest BCUT2D eigenvalue weighted by atomic mass is 16.1. The van der Waals surface area contributed by atoms with E-state index in [0.717, 1.165) is 18.8 Å². The van der Waals surface area contributed by atoms with Gasteiger partial charge in [-0.05, 0) is 31.5 Å². The predicted molar refractivity (Wildman–Crippen MR) is 56.9 cm³/mol. The summed E-state index contributed by atoms with van der Waals surface area (Å²) in [5.41, 5.74) is 1.64. The van der Waals surface area contributed by atoms with Crippen molar-refractivity contribution in [2.24, 2.45) is 4.99 Å². The van der Waals surface area contributed by atoms with Crippen LogP contribution in [0.2, 0.25) is 0 Å². The lowest BCUT2D eigenvalue weighted by molar-refractivity contribution is 0.455. The molecular formula is C11H13N3O. The van der Waals surface area contributed by atoms with Gasteiger partial charge in [0.1, 0.15) is 0 Å². The standard InChI is InChI=1S/C11H13N3O/c15-8-14-10-3-4-11(13-7-10)9-2-1-5-12-6-9/h3-4,7,9,12H,1-2,5-6H2. The Bertz CT molecular complexity index is 362. The molecule has 0 aromatic carbocycles. The third-order valence-corrected chi connectivity index (χ3v) is 2.66. The van der Waals surface area contributed by atoms with Gasteiger partial charge in [-0.1, -0.05) is 0 Å². The minimum atomic E-state index is 0.494. The summed E-state index contributed by atoms with van der Waals surface area (Å²) < 4.78 is 0. The van der Waals surface area contributed by atoms with Gasteiger partial charge in [-0.2, -0.15) is 4.99 Å². The second-order valence-electron chi connectivity index (χ2n) is 3.69. The lowest BCUT2D eigenvalue weighted by atomic mass is 9.96. The highest BCUT2D eigenvalue weighted by Gasteiger charge is 2.15. The van der Waals surface area contributed by atoms with Crippen molar-refractivity contribution in [3.8, 4) is 0 Å². The molecule has 0 aliphatic carbocycles. The van der Waals surface area contributed by atoms with Crippen LogP contribution in [0.25, 0.3) is 0 Å². The maximum Gasteiger partial charge on any atom is 0.240 e. The van der Waals surface area contributed by atoms with Gasteiger partial charge in [0.25, 0.3) is 0 Å². The number of carbonyl (C=O) groups excluding carboxylic acids is 1. The normalized spacial score (nSPS) is 20.7. The summed E-state index contributed by atoms with van der Waals surface area (Å²) in [5.74, 6) is 0.494. The number of nitrogens with zero attached hydrogens (tertiary/aromatic N) is 2. The maximum absolute atomic E-state index is 10.0. The molecule has 1 aromatic heterocycles. The van der Waals surface area contributed by atoms with Gasteiger partial charge in [0, 0.05) is 18.2 Å². The van der Waals surface area contributed by atoms with Crippen LogP contribution in [0.1, 0.15) is 24.5 Å². The van der Waals surface area contributed by atoms with Crippen molar-refractivity contribution in [1.29, 1.82) is 0 Å². The van der Waals surface area contributed by atoms with E-state index in [1.807, 2.05) is 12.1 Å². The third kappa shape index (κ3) is 2.49. The topological polar surface area (TPSA) is 54.4 Å². The van der Waals surface area contributed by atoms with Gasteiger partial charge in [-0.25, -0.2) is 4.79 Å². The van der Waals surface area contributed by atoms with Crippen LogP contribution in [0.15, 0.2) is 23.3 Å². The summed E-state index contributed by atoms with van der Waals surface area (Å²) in [5, 5.41) is 3.35. The van der Waals surface area contributed by atoms with Crippen LogP contribution in [0.3, 0.4) is 0 Å². The minimum Gasteiger partial charge on any atom is -0.316 e. The Morgan fingerprint density at radius 1 is 1.53 bits per heavy atom. The molecule has 1 N–H and O–H groups in total. The van der Waals surface area contributed by atoms with Crippen LogP contribution in [0, 0.1) is 0 Å². The number of hydrogen-bond donors (Lipinski definition) is 1. The van der Waals surface area contributed by atoms with E-state index in [-0.39, 0.29) is 0 Å². The van der Waals surface area contributed by atoms with E-state index in [1.54, 1.807) is 6.20 Å². The summed E-state index contributed by atoms with van der Waals surface area (Å²) in [4.78, 5) is 17.8. The largest absolute Gasteiger partial charge is 0.316 e. The van der Waals surface area contributed by atoms with Crippen LogP contribution in [0.5, 0.6) is 0 Å². The number of isocyanates is 1. The fourth-order valence-electron chi connectivity index (χ4n) is 1.86. The van der Waals surface area contributed by atoms with Crippen molar-refractivity contribution in [1.82, 2.24) is 10.3 Å². The molecule has 4 nitrogen and oxygen atoms in total. The summed E-state index contributed by atoms with van der Waals surface area (Å²) in [6.07, 6.45) is 5.50. The van der Waals surface area contributed by atoms with Gasteiger partial charge in [0.15, 0.2) is 0 Å². The molecule has 1 aromatic rings. The molecule has 0 spiro atoms. The molecule has 1 fully saturated rings. The molecule has 1 unspecified atom stereocenters. The first kappa shape index (κ1) is 10.0. The lowest BCUT2D eigenvalue weighted by Gasteiger charge is -2.21. The van der Waals surface area contributed by atoms with Crippen LogP contribution in [-0.2, 0) is 4.79 Å². The fraction of sp³-hybridized carbons (Fsp3) is 0.455. The summed E-state index contributed by atoms with van der Waals surface area (Å²) >= 11 is 0. The van der Waals surface area contributed by atoms with Crippen LogP contribution in [-0.4, -0.2) is 24.2 Å². The van der Waals surface area contributed by atoms with E-state index < -0.39 is 0 Å². The monoisotopic (exact) mass is 203 g/mol. The van der Waals surface area contributed by atoms with E-state index in [2.05, 4.69) is 15.3 Å². The molecule has 2 heterocycles. The van der Waals surface area contributed by atoms with Crippen molar-refractivity contribution in [3.05, 3.63) is 24.0 Å².